The number of halogens is 1. The van der Waals surface area contributed by atoms with Gasteiger partial charge in [0.15, 0.2) is 0 Å². The molecule has 1 aromatic carbocycles. The molecule has 1 atom stereocenters. The second-order valence-corrected chi connectivity index (χ2v) is 9.25. The molecule has 1 aliphatic rings. The van der Waals surface area contributed by atoms with E-state index in [4.69, 9.17) is 27.3 Å². The summed E-state index contributed by atoms with van der Waals surface area (Å²) in [7, 11) is 1.54. The highest BCUT2D eigenvalue weighted by molar-refractivity contribution is 6.00. The molecule has 0 aliphatic carbocycles. The number of hydrogen-bond donors (Lipinski definition) is 5. The third-order valence-corrected chi connectivity index (χ3v) is 5.00. The molecule has 0 saturated carbocycles. The number of nitrogen functional groups attached to an aromatic ring is 3. The number of aromatic nitrogens is 2. The van der Waals surface area contributed by atoms with Crippen molar-refractivity contribution in [3.63, 3.8) is 0 Å². The summed E-state index contributed by atoms with van der Waals surface area (Å²) in [6.07, 6.45) is 1.90. The number of amidine groups is 1. The van der Waals surface area contributed by atoms with Crippen LogP contribution in [0.25, 0.3) is 11.3 Å². The van der Waals surface area contributed by atoms with Crippen LogP contribution < -0.4 is 27.4 Å². The minimum Gasteiger partial charge on any atom is -0.444 e. The molecule has 2 aromatic rings. The summed E-state index contributed by atoms with van der Waals surface area (Å²) >= 11 is 0. The second kappa shape index (κ2) is 11.0. The van der Waals surface area contributed by atoms with E-state index in [1.165, 1.54) is 19.5 Å². The summed E-state index contributed by atoms with van der Waals surface area (Å²) in [4.78, 5) is 21.2. The van der Waals surface area contributed by atoms with Gasteiger partial charge in [-0.15, -0.1) is 0 Å². The molecule has 1 unspecified atom stereocenters. The SMILES string of the molecule is CC1CCCN(c2cc(-c3cc(N)c(C(=N)N)c(F)c3)nc(N)n2)C1.CNC(=O)OC(C)(C)C. The van der Waals surface area contributed by atoms with Crippen LogP contribution in [0.15, 0.2) is 18.2 Å². The molecule has 2 heterocycles. The van der Waals surface area contributed by atoms with Crippen LogP contribution in [-0.2, 0) is 4.74 Å². The molecule has 1 aromatic heterocycles. The predicted molar refractivity (Wildman–Crippen MR) is 133 cm³/mol. The van der Waals surface area contributed by atoms with E-state index in [0.29, 0.717) is 17.2 Å². The molecule has 0 spiro atoms. The average Bonchev–Trinajstić information content (AvgIpc) is 2.71. The monoisotopic (exact) mass is 474 g/mol. The van der Waals surface area contributed by atoms with Crippen molar-refractivity contribution in [2.75, 3.05) is 36.5 Å². The minimum atomic E-state index is -0.659. The van der Waals surface area contributed by atoms with E-state index < -0.39 is 11.7 Å². The van der Waals surface area contributed by atoms with Crippen LogP contribution in [0.2, 0.25) is 0 Å². The fraction of sp³-hybridized carbons (Fsp3) is 0.478. The van der Waals surface area contributed by atoms with Crippen LogP contribution in [0.4, 0.5) is 26.6 Å². The maximum atomic E-state index is 14.3. The predicted octanol–water partition coefficient (Wildman–Crippen LogP) is 3.11. The van der Waals surface area contributed by atoms with Gasteiger partial charge in [-0.25, -0.2) is 14.2 Å². The van der Waals surface area contributed by atoms with Gasteiger partial charge in [0.1, 0.15) is 23.1 Å². The van der Waals surface area contributed by atoms with E-state index in [1.54, 1.807) is 12.1 Å². The standard InChI is InChI=1S/C17H22FN7.C6H13NO2/c1-9-3-2-4-25(8-9)14-7-13(23-17(22)24-14)10-5-11(18)15(16(20)21)12(19)6-10;1-6(2,3)9-5(8)7-4/h5-7,9H,2-4,8,19H2,1H3,(H3,20,21)(H2,22,23,24);1-4H3,(H,7,8). The summed E-state index contributed by atoms with van der Waals surface area (Å²) in [6.45, 7) is 9.47. The summed E-state index contributed by atoms with van der Waals surface area (Å²) in [5.41, 5.74) is 17.7. The summed E-state index contributed by atoms with van der Waals surface area (Å²) in [6, 6.07) is 4.59. The number of benzene rings is 1. The van der Waals surface area contributed by atoms with E-state index in [0.717, 1.165) is 25.3 Å². The van der Waals surface area contributed by atoms with Crippen LogP contribution in [0.1, 0.15) is 46.1 Å². The van der Waals surface area contributed by atoms with Gasteiger partial charge in [-0.2, -0.15) is 4.98 Å². The number of nitrogens with zero attached hydrogens (tertiary/aromatic N) is 3. The Morgan fingerprint density at radius 3 is 2.44 bits per heavy atom. The van der Waals surface area contributed by atoms with Crippen molar-refractivity contribution in [3.05, 3.63) is 29.6 Å². The van der Waals surface area contributed by atoms with E-state index in [-0.39, 0.29) is 28.9 Å². The van der Waals surface area contributed by atoms with E-state index >= 15 is 0 Å². The number of carbonyl (C=O) groups is 1. The summed E-state index contributed by atoms with van der Waals surface area (Å²) in [5, 5.41) is 9.78. The van der Waals surface area contributed by atoms with Crippen molar-refractivity contribution in [1.29, 1.82) is 5.41 Å². The van der Waals surface area contributed by atoms with Crippen molar-refractivity contribution in [1.82, 2.24) is 15.3 Å². The highest BCUT2D eigenvalue weighted by Crippen LogP contribution is 2.29. The van der Waals surface area contributed by atoms with Crippen molar-refractivity contribution in [3.8, 4) is 11.3 Å². The van der Waals surface area contributed by atoms with Gasteiger partial charge in [0, 0.05) is 37.5 Å². The smallest absolute Gasteiger partial charge is 0.407 e. The Hall–Kier alpha value is -3.63. The van der Waals surface area contributed by atoms with Gasteiger partial charge in [-0.1, -0.05) is 6.92 Å². The van der Waals surface area contributed by atoms with Crippen molar-refractivity contribution in [2.45, 2.75) is 46.1 Å². The zero-order valence-corrected chi connectivity index (χ0v) is 20.4. The first-order valence-electron chi connectivity index (χ1n) is 11.0. The lowest BCUT2D eigenvalue weighted by Crippen LogP contribution is -2.35. The second-order valence-electron chi connectivity index (χ2n) is 9.25. The maximum absolute atomic E-state index is 14.3. The minimum absolute atomic E-state index is 0.0906. The number of ether oxygens (including phenoxy) is 1. The maximum Gasteiger partial charge on any atom is 0.407 e. The third kappa shape index (κ3) is 7.46. The highest BCUT2D eigenvalue weighted by atomic mass is 19.1. The largest absolute Gasteiger partial charge is 0.444 e. The van der Waals surface area contributed by atoms with Crippen LogP contribution in [0, 0.1) is 17.1 Å². The number of piperidine rings is 1. The molecule has 1 aliphatic heterocycles. The Morgan fingerprint density at radius 1 is 1.26 bits per heavy atom. The van der Waals surface area contributed by atoms with Crippen molar-refractivity contribution in [2.24, 2.45) is 11.7 Å². The number of alkyl carbamates (subject to hydrolysis) is 1. The van der Waals surface area contributed by atoms with Crippen molar-refractivity contribution >= 4 is 29.4 Å². The van der Waals surface area contributed by atoms with Gasteiger partial charge in [0.2, 0.25) is 5.95 Å². The quantitative estimate of drug-likeness (QED) is 0.257. The number of nitrogens with two attached hydrogens (primary N) is 3. The number of nitrogens with one attached hydrogen (secondary N) is 2. The number of hydrogen-bond acceptors (Lipinski definition) is 8. The van der Waals surface area contributed by atoms with Crippen LogP contribution in [0.3, 0.4) is 0 Å². The Kier molecular flexibility index (Phi) is 8.61. The molecular formula is C23H35FN8O2. The Morgan fingerprint density at radius 2 is 1.94 bits per heavy atom. The topological polar surface area (TPSA) is 169 Å². The number of rotatable bonds is 3. The van der Waals surface area contributed by atoms with Gasteiger partial charge in [0.05, 0.1) is 11.3 Å². The molecule has 34 heavy (non-hydrogen) atoms. The number of carbonyl (C=O) groups excluding carboxylic acids is 1. The molecule has 1 saturated heterocycles. The molecular weight excluding hydrogens is 439 g/mol. The van der Waals surface area contributed by atoms with Gasteiger partial charge in [-0.3, -0.25) is 5.41 Å². The average molecular weight is 475 g/mol. The first kappa shape index (κ1) is 26.6. The number of amides is 1. The number of anilines is 3. The molecule has 186 valence electrons. The van der Waals surface area contributed by atoms with Gasteiger partial charge >= 0.3 is 6.09 Å². The Labute approximate surface area is 199 Å². The van der Waals surface area contributed by atoms with E-state index in [1.807, 2.05) is 20.8 Å². The Bertz CT molecular complexity index is 1020. The first-order valence-corrected chi connectivity index (χ1v) is 11.0. The molecule has 0 bridgehead atoms. The van der Waals surface area contributed by atoms with Crippen LogP contribution in [-0.4, -0.2) is 47.6 Å². The molecule has 1 amide bonds. The molecule has 11 heteroatoms. The summed E-state index contributed by atoms with van der Waals surface area (Å²) < 4.78 is 19.1. The van der Waals surface area contributed by atoms with E-state index in [2.05, 4.69) is 27.1 Å². The van der Waals surface area contributed by atoms with Gasteiger partial charge < -0.3 is 32.2 Å². The van der Waals surface area contributed by atoms with Crippen molar-refractivity contribution < 1.29 is 13.9 Å². The summed E-state index contributed by atoms with van der Waals surface area (Å²) in [5.74, 6) is 0.361. The zero-order chi connectivity index (χ0) is 25.6. The zero-order valence-electron chi connectivity index (χ0n) is 20.4. The van der Waals surface area contributed by atoms with Crippen LogP contribution >= 0.6 is 0 Å². The third-order valence-electron chi connectivity index (χ3n) is 5.00. The molecule has 3 rings (SSSR count). The highest BCUT2D eigenvalue weighted by Gasteiger charge is 2.20. The fourth-order valence-electron chi connectivity index (χ4n) is 3.55. The molecule has 1 fully saturated rings. The molecule has 0 radical (unpaired) electrons. The lowest BCUT2D eigenvalue weighted by atomic mass is 10.00. The van der Waals surface area contributed by atoms with E-state index in [9.17, 15) is 9.18 Å². The van der Waals surface area contributed by atoms with Crippen LogP contribution in [0.5, 0.6) is 0 Å². The Balaban J connectivity index is 0.000000387. The fourth-order valence-corrected chi connectivity index (χ4v) is 3.55. The molecule has 8 N–H and O–H groups in total. The normalized spacial score (nSPS) is 15.7. The lowest BCUT2D eigenvalue weighted by Gasteiger charge is -2.32. The first-order chi connectivity index (χ1) is 15.8. The lowest BCUT2D eigenvalue weighted by molar-refractivity contribution is 0.0541. The van der Waals surface area contributed by atoms with Gasteiger partial charge in [-0.05, 0) is 51.7 Å². The van der Waals surface area contributed by atoms with Gasteiger partial charge in [0.25, 0.3) is 0 Å². The molecule has 10 nitrogen and oxygen atoms in total.